The van der Waals surface area contributed by atoms with E-state index in [0.29, 0.717) is 42.3 Å². The Hall–Kier alpha value is -2.57. The molecule has 0 unspecified atom stereocenters. The summed E-state index contributed by atoms with van der Waals surface area (Å²) in [6.07, 6.45) is 0.927. The molecule has 0 radical (unpaired) electrons. The molecule has 3 aromatic rings. The number of aliphatic carboxylic acids is 1. The standard InChI is InChI=1S/C29H34Cl2N2O3/c1-20(2)18-36-19-26(33-25-10-5-22(6-11-25)17-32-14-13-29(34)35)15-21-3-7-23(8-4-21)27-12-9-24(30)16-28(27)31/h3-12,16,20,26,32-33H,13-15,17-19H2,1-2H3,(H,34,35)/t26-/m1/s1. The molecule has 0 amide bonds. The number of carbonyl (C=O) groups is 1. The molecule has 0 saturated carbocycles. The molecule has 3 rings (SSSR count). The van der Waals surface area contributed by atoms with Gasteiger partial charge in [0.05, 0.1) is 19.1 Å². The van der Waals surface area contributed by atoms with Crippen LogP contribution in [0.2, 0.25) is 10.0 Å². The van der Waals surface area contributed by atoms with Crippen molar-refractivity contribution >= 4 is 34.9 Å². The summed E-state index contributed by atoms with van der Waals surface area (Å²) in [7, 11) is 0. The number of hydrogen-bond acceptors (Lipinski definition) is 4. The van der Waals surface area contributed by atoms with E-state index >= 15 is 0 Å². The van der Waals surface area contributed by atoms with Gasteiger partial charge in [-0.3, -0.25) is 4.79 Å². The predicted octanol–water partition coefficient (Wildman–Crippen LogP) is 6.92. The Bertz CT molecular complexity index is 1100. The van der Waals surface area contributed by atoms with E-state index in [1.807, 2.05) is 24.3 Å². The SMILES string of the molecule is CC(C)COC[C@@H](Cc1ccc(-c2ccc(Cl)cc2Cl)cc1)Nc1ccc(CNCCC(=O)O)cc1. The number of ether oxygens (including phenoxy) is 1. The third kappa shape index (κ3) is 9.47. The lowest BCUT2D eigenvalue weighted by molar-refractivity contribution is -0.136. The molecule has 36 heavy (non-hydrogen) atoms. The molecule has 0 aliphatic carbocycles. The normalized spacial score (nSPS) is 12.0. The van der Waals surface area contributed by atoms with Gasteiger partial charge < -0.3 is 20.5 Å². The fourth-order valence-corrected chi connectivity index (χ4v) is 4.33. The maximum absolute atomic E-state index is 10.6. The number of halogens is 2. The molecule has 3 N–H and O–H groups in total. The lowest BCUT2D eigenvalue weighted by atomic mass is 10.0. The third-order valence-corrected chi connectivity index (χ3v) is 6.17. The molecule has 1 atom stereocenters. The number of carboxylic acid groups (broad SMARTS) is 1. The van der Waals surface area contributed by atoms with Crippen molar-refractivity contribution in [2.24, 2.45) is 5.92 Å². The van der Waals surface area contributed by atoms with E-state index in [9.17, 15) is 4.79 Å². The Balaban J connectivity index is 1.63. The minimum Gasteiger partial charge on any atom is -0.481 e. The molecule has 5 nitrogen and oxygen atoms in total. The van der Waals surface area contributed by atoms with Gasteiger partial charge in [0.1, 0.15) is 0 Å². The number of rotatable bonds is 14. The third-order valence-electron chi connectivity index (χ3n) is 5.62. The molecule has 3 aromatic carbocycles. The van der Waals surface area contributed by atoms with E-state index < -0.39 is 5.97 Å². The summed E-state index contributed by atoms with van der Waals surface area (Å²) >= 11 is 12.4. The molecule has 0 bridgehead atoms. The molecule has 0 aromatic heterocycles. The zero-order valence-electron chi connectivity index (χ0n) is 20.8. The van der Waals surface area contributed by atoms with Gasteiger partial charge in [0.25, 0.3) is 0 Å². The monoisotopic (exact) mass is 528 g/mol. The molecule has 0 fully saturated rings. The average molecular weight is 530 g/mol. The fourth-order valence-electron chi connectivity index (χ4n) is 3.81. The zero-order valence-corrected chi connectivity index (χ0v) is 22.3. The fraction of sp³-hybridized carbons (Fsp3) is 0.345. The highest BCUT2D eigenvalue weighted by molar-refractivity contribution is 6.36. The van der Waals surface area contributed by atoms with Crippen molar-refractivity contribution in [3.63, 3.8) is 0 Å². The van der Waals surface area contributed by atoms with Crippen LogP contribution < -0.4 is 10.6 Å². The van der Waals surface area contributed by atoms with Gasteiger partial charge in [-0.15, -0.1) is 0 Å². The van der Waals surface area contributed by atoms with Gasteiger partial charge in [0.15, 0.2) is 0 Å². The summed E-state index contributed by atoms with van der Waals surface area (Å²) in [5.74, 6) is -0.321. The maximum Gasteiger partial charge on any atom is 0.304 e. The Kier molecular flexibility index (Phi) is 11.1. The van der Waals surface area contributed by atoms with Crippen LogP contribution in [-0.2, 0) is 22.5 Å². The highest BCUT2D eigenvalue weighted by Crippen LogP contribution is 2.30. The molecule has 192 valence electrons. The quantitative estimate of drug-likeness (QED) is 0.198. The zero-order chi connectivity index (χ0) is 25.9. The number of carboxylic acids is 1. The van der Waals surface area contributed by atoms with Gasteiger partial charge >= 0.3 is 5.97 Å². The van der Waals surface area contributed by atoms with Crippen molar-refractivity contribution < 1.29 is 14.6 Å². The minimum atomic E-state index is -0.795. The molecule has 7 heteroatoms. The highest BCUT2D eigenvalue weighted by Gasteiger charge is 2.12. The van der Waals surface area contributed by atoms with Crippen molar-refractivity contribution in [3.05, 3.63) is 87.9 Å². The van der Waals surface area contributed by atoms with Crippen LogP contribution in [-0.4, -0.2) is 36.9 Å². The Morgan fingerprint density at radius 3 is 2.28 bits per heavy atom. The van der Waals surface area contributed by atoms with Crippen LogP contribution in [0, 0.1) is 5.92 Å². The number of nitrogens with one attached hydrogen (secondary N) is 2. The topological polar surface area (TPSA) is 70.6 Å². The number of hydrogen-bond donors (Lipinski definition) is 3. The van der Waals surface area contributed by atoms with Crippen LogP contribution in [0.4, 0.5) is 5.69 Å². The molecule has 0 heterocycles. The van der Waals surface area contributed by atoms with Crippen molar-refractivity contribution in [1.82, 2.24) is 5.32 Å². The molecular weight excluding hydrogens is 495 g/mol. The number of anilines is 1. The van der Waals surface area contributed by atoms with Gasteiger partial charge in [0.2, 0.25) is 0 Å². The van der Waals surface area contributed by atoms with E-state index in [0.717, 1.165) is 28.8 Å². The maximum atomic E-state index is 10.6. The van der Waals surface area contributed by atoms with Gasteiger partial charge in [0, 0.05) is 41.0 Å². The summed E-state index contributed by atoms with van der Waals surface area (Å²) in [5, 5.41) is 16.8. The van der Waals surface area contributed by atoms with E-state index in [4.69, 9.17) is 33.0 Å². The summed E-state index contributed by atoms with van der Waals surface area (Å²) in [5.41, 5.74) is 5.34. The first-order valence-electron chi connectivity index (χ1n) is 12.2. The second-order valence-electron chi connectivity index (χ2n) is 9.32. The van der Waals surface area contributed by atoms with Gasteiger partial charge in [-0.2, -0.15) is 0 Å². The first-order valence-corrected chi connectivity index (χ1v) is 13.0. The summed E-state index contributed by atoms with van der Waals surface area (Å²) in [4.78, 5) is 10.6. The number of benzene rings is 3. The van der Waals surface area contributed by atoms with E-state index in [1.54, 1.807) is 6.07 Å². The van der Waals surface area contributed by atoms with Crippen molar-refractivity contribution in [3.8, 4) is 11.1 Å². The van der Waals surface area contributed by atoms with E-state index in [1.165, 1.54) is 5.56 Å². The van der Waals surface area contributed by atoms with Gasteiger partial charge in [-0.1, -0.05) is 79.5 Å². The second-order valence-corrected chi connectivity index (χ2v) is 10.2. The van der Waals surface area contributed by atoms with Crippen LogP contribution >= 0.6 is 23.2 Å². The first-order chi connectivity index (χ1) is 17.3. The molecule has 0 saturated heterocycles. The van der Waals surface area contributed by atoms with E-state index in [-0.39, 0.29) is 12.5 Å². The lowest BCUT2D eigenvalue weighted by Crippen LogP contribution is -2.28. The van der Waals surface area contributed by atoms with Crippen LogP contribution in [0.15, 0.2) is 66.7 Å². The molecule has 0 aliphatic rings. The van der Waals surface area contributed by atoms with Gasteiger partial charge in [-0.05, 0) is 53.3 Å². The molecule has 0 spiro atoms. The Morgan fingerprint density at radius 1 is 0.944 bits per heavy atom. The van der Waals surface area contributed by atoms with Crippen molar-refractivity contribution in [2.45, 2.75) is 39.3 Å². The lowest BCUT2D eigenvalue weighted by Gasteiger charge is -2.21. The van der Waals surface area contributed by atoms with E-state index in [2.05, 4.69) is 60.9 Å². The van der Waals surface area contributed by atoms with Crippen LogP contribution in [0.25, 0.3) is 11.1 Å². The van der Waals surface area contributed by atoms with Crippen molar-refractivity contribution in [2.75, 3.05) is 25.1 Å². The molecule has 0 aliphatic heterocycles. The highest BCUT2D eigenvalue weighted by atomic mass is 35.5. The van der Waals surface area contributed by atoms with Crippen LogP contribution in [0.5, 0.6) is 0 Å². The minimum absolute atomic E-state index is 0.105. The van der Waals surface area contributed by atoms with Gasteiger partial charge in [-0.25, -0.2) is 0 Å². The van der Waals surface area contributed by atoms with Crippen LogP contribution in [0.1, 0.15) is 31.4 Å². The summed E-state index contributed by atoms with van der Waals surface area (Å²) < 4.78 is 5.98. The molecular formula is C29H34Cl2N2O3. The summed E-state index contributed by atoms with van der Waals surface area (Å²) in [6, 6.07) is 22.3. The van der Waals surface area contributed by atoms with Crippen LogP contribution in [0.3, 0.4) is 0 Å². The Labute approximate surface area is 223 Å². The summed E-state index contributed by atoms with van der Waals surface area (Å²) in [6.45, 7) is 6.69. The smallest absolute Gasteiger partial charge is 0.304 e. The largest absolute Gasteiger partial charge is 0.481 e. The Morgan fingerprint density at radius 2 is 1.64 bits per heavy atom. The first kappa shape index (κ1) is 28.0. The predicted molar refractivity (Wildman–Crippen MR) is 149 cm³/mol. The average Bonchev–Trinajstić information content (AvgIpc) is 2.83. The second kappa shape index (κ2) is 14.2. The van der Waals surface area contributed by atoms with Crippen molar-refractivity contribution in [1.29, 1.82) is 0 Å².